The largest absolute Gasteiger partial charge is 0.444 e. The van der Waals surface area contributed by atoms with Gasteiger partial charge in [-0.3, -0.25) is 63.7 Å². The fourth-order valence-corrected chi connectivity index (χ4v) is 15.5. The number of fused-ring (bicyclic) bond motifs is 2. The number of aryl methyl sites for hydroxylation is 1. The van der Waals surface area contributed by atoms with E-state index >= 15 is 0 Å². The molecule has 22 nitrogen and oxygen atoms in total. The number of hydrogen-bond acceptors (Lipinski definition) is 17. The molecule has 4 amide bonds. The topological polar surface area (TPSA) is 275 Å². The summed E-state index contributed by atoms with van der Waals surface area (Å²) in [6, 6.07) is 32.0. The standard InChI is InChI=1S/C32H34N6O.C16H22N2O3.C15H23N3O.C15H20N2O2.C12H15NO/c1-21(2)32(39)38-15-9-23(10-16-38)30(25-5-4-11-33-20-25)36-26-18-27(31-28(19-26)34-12-13-35-31)24-7-6-22-8-14-37(3)29(22)17-24;1-16(2,3)21-15(20)18-9-6-12(7-10-18)14(19)13-5-4-8-17-11-13;1-11(2)15(19)18-8-5-12(6-9-18)14(16)13-4-3-7-17-10-13;1-11(2)15(19)17-8-5-12(6-9-17)14(18)13-4-3-7-16-10-13;14-12(10-5-2-1-3-6-10)11-7-4-8-13-9-11/h4-8,11-14,17-21,23,30,36H,9-10,15-16H2,1-3H3;4-5,8,11-12H,6-7,9-10H2,1-3H3;3-4,7,10-12,14H,5-6,8-9,16H2,1-2H3;3-4,7,10-12H,5-6,8-9H2,1-2H3;4,7-10H,1-3,5-6H2. The van der Waals surface area contributed by atoms with Crippen molar-refractivity contribution in [2.45, 2.75) is 163 Å². The summed E-state index contributed by atoms with van der Waals surface area (Å²) in [7, 11) is 2.07. The second kappa shape index (κ2) is 40.6. The third kappa shape index (κ3) is 23.3. The van der Waals surface area contributed by atoms with Gasteiger partial charge in [0.05, 0.1) is 17.1 Å². The van der Waals surface area contributed by atoms with Crippen LogP contribution >= 0.6 is 0 Å². The maximum absolute atomic E-state index is 12.6. The number of pyridine rings is 5. The summed E-state index contributed by atoms with van der Waals surface area (Å²) in [5.41, 5.74) is 16.2. The number of nitrogens with two attached hydrogens (primary N) is 1. The molecule has 2 atom stereocenters. The zero-order valence-electron chi connectivity index (χ0n) is 67.1. The summed E-state index contributed by atoms with van der Waals surface area (Å²) in [5.74, 6) is 2.46. The summed E-state index contributed by atoms with van der Waals surface area (Å²) >= 11 is 0. The van der Waals surface area contributed by atoms with Gasteiger partial charge in [0.1, 0.15) is 5.60 Å². The average molecular weight is 1520 g/mol. The number of carbonyl (C=O) groups excluding carboxylic acids is 7. The molecule has 4 aliphatic heterocycles. The molecule has 1 aliphatic carbocycles. The molecule has 22 heteroatoms. The minimum Gasteiger partial charge on any atom is -0.444 e. The second-order valence-corrected chi connectivity index (χ2v) is 32.2. The van der Waals surface area contributed by atoms with Crippen molar-refractivity contribution in [2.75, 3.05) is 57.7 Å². The number of amides is 4. The molecule has 11 heterocycles. The number of anilines is 1. The number of hydrogen-bond donors (Lipinski definition) is 2. The van der Waals surface area contributed by atoms with E-state index in [2.05, 4.69) is 95.5 Å². The van der Waals surface area contributed by atoms with Crippen LogP contribution < -0.4 is 11.1 Å². The van der Waals surface area contributed by atoms with Crippen LogP contribution in [0.25, 0.3) is 33.1 Å². The van der Waals surface area contributed by atoms with Crippen LogP contribution in [0.2, 0.25) is 0 Å². The molecule has 2 unspecified atom stereocenters. The van der Waals surface area contributed by atoms with E-state index in [-0.39, 0.29) is 88.8 Å². The zero-order chi connectivity index (χ0) is 79.8. The number of nitrogens with one attached hydrogen (secondary N) is 1. The number of benzene rings is 2. The van der Waals surface area contributed by atoms with Crippen molar-refractivity contribution >= 4 is 68.8 Å². The maximum atomic E-state index is 12.6. The Kier molecular flexibility index (Phi) is 30.5. The van der Waals surface area contributed by atoms with Crippen LogP contribution in [0.1, 0.15) is 200 Å². The van der Waals surface area contributed by atoms with E-state index in [1.165, 1.54) is 30.2 Å². The third-order valence-electron chi connectivity index (χ3n) is 21.9. The molecule has 0 bridgehead atoms. The Balaban J connectivity index is 0.000000157. The van der Waals surface area contributed by atoms with Crippen molar-refractivity contribution in [3.63, 3.8) is 0 Å². The first-order valence-corrected chi connectivity index (χ1v) is 40.2. The molecule has 4 saturated heterocycles. The van der Waals surface area contributed by atoms with Crippen LogP contribution in [-0.2, 0) is 26.2 Å². The monoisotopic (exact) mass is 1520 g/mol. The van der Waals surface area contributed by atoms with Crippen molar-refractivity contribution in [1.82, 2.24) is 59.1 Å². The number of ketones is 3. The van der Waals surface area contributed by atoms with E-state index in [1.54, 1.807) is 84.9 Å². The van der Waals surface area contributed by atoms with Crippen molar-refractivity contribution in [3.05, 3.63) is 205 Å². The number of piperidine rings is 4. The van der Waals surface area contributed by atoms with Gasteiger partial charge in [0.25, 0.3) is 0 Å². The Bertz CT molecular complexity index is 4500. The summed E-state index contributed by atoms with van der Waals surface area (Å²) in [4.78, 5) is 122. The van der Waals surface area contributed by atoms with Crippen LogP contribution in [0.15, 0.2) is 178 Å². The Morgan fingerprint density at radius 3 is 1.34 bits per heavy atom. The van der Waals surface area contributed by atoms with E-state index in [9.17, 15) is 33.6 Å². The van der Waals surface area contributed by atoms with E-state index in [1.807, 2.05) is 126 Å². The SMILES string of the molecule is CC(C)(C)OC(=O)N1CCC(C(=O)c2cccnc2)CC1.CC(C)C(=O)N1CCC(C(=O)c2cccnc2)CC1.CC(C)C(=O)N1CCC(C(N)c2cccnc2)CC1.CC(C)C(=O)N1CCC(C(Nc2cc(-c3ccc4ccn(C)c4c3)c3nccnc3c2)c2cccnc2)CC1.O=C(c1cccnc1)C1CCCCC1. The lowest BCUT2D eigenvalue weighted by Crippen LogP contribution is -2.43. The second-order valence-electron chi connectivity index (χ2n) is 32.2. The van der Waals surface area contributed by atoms with Crippen molar-refractivity contribution in [3.8, 4) is 11.1 Å². The van der Waals surface area contributed by atoms with Gasteiger partial charge in [-0.25, -0.2) is 4.79 Å². The lowest BCUT2D eigenvalue weighted by atomic mass is 9.84. The Morgan fingerprint density at radius 1 is 0.464 bits per heavy atom. The number of rotatable bonds is 16. The van der Waals surface area contributed by atoms with E-state index in [4.69, 9.17) is 15.5 Å². The van der Waals surface area contributed by atoms with Crippen molar-refractivity contribution in [1.29, 1.82) is 0 Å². The normalized spacial score (nSPS) is 16.7. The molecule has 112 heavy (non-hydrogen) atoms. The molecule has 7 aromatic heterocycles. The van der Waals surface area contributed by atoms with Gasteiger partial charge in [-0.2, -0.15) is 0 Å². The van der Waals surface area contributed by atoms with E-state index in [0.717, 1.165) is 122 Å². The molecule has 9 aromatic rings. The quantitative estimate of drug-likeness (QED) is 0.0851. The molecule has 14 rings (SSSR count). The van der Waals surface area contributed by atoms with Crippen LogP contribution in [0, 0.1) is 47.3 Å². The molecule has 0 radical (unpaired) electrons. The van der Waals surface area contributed by atoms with Crippen molar-refractivity contribution in [2.24, 2.45) is 60.1 Å². The van der Waals surface area contributed by atoms with Gasteiger partial charge in [0.2, 0.25) is 17.7 Å². The molecular formula is C90H114N14O8. The molecule has 3 N–H and O–H groups in total. The first kappa shape index (κ1) is 84.0. The number of aromatic nitrogens is 8. The smallest absolute Gasteiger partial charge is 0.410 e. The number of ether oxygens (including phenoxy) is 1. The number of likely N-dealkylation sites (tertiary alicyclic amines) is 4. The highest BCUT2D eigenvalue weighted by molar-refractivity contribution is 6.00. The van der Waals surface area contributed by atoms with Gasteiger partial charge >= 0.3 is 6.09 Å². The predicted molar refractivity (Wildman–Crippen MR) is 438 cm³/mol. The van der Waals surface area contributed by atoms with E-state index in [0.29, 0.717) is 62.0 Å². The van der Waals surface area contributed by atoms with Gasteiger partial charge in [0, 0.05) is 215 Å². The highest BCUT2D eigenvalue weighted by Gasteiger charge is 2.35. The molecule has 5 fully saturated rings. The van der Waals surface area contributed by atoms with Crippen molar-refractivity contribution < 1.29 is 38.3 Å². The fraction of sp³-hybridized carbons (Fsp3) is 0.467. The van der Waals surface area contributed by atoms with Gasteiger partial charge in [-0.1, -0.05) is 85.1 Å². The Morgan fingerprint density at radius 2 is 0.893 bits per heavy atom. The Labute approximate surface area is 660 Å². The van der Waals surface area contributed by atoms with E-state index < -0.39 is 5.60 Å². The van der Waals surface area contributed by atoms with Gasteiger partial charge < -0.3 is 40.0 Å². The highest BCUT2D eigenvalue weighted by atomic mass is 16.6. The first-order chi connectivity index (χ1) is 53.9. The summed E-state index contributed by atoms with van der Waals surface area (Å²) < 4.78 is 7.49. The minimum absolute atomic E-state index is 0.0282. The summed E-state index contributed by atoms with van der Waals surface area (Å²) in [6.45, 7) is 23.0. The van der Waals surface area contributed by atoms with Crippen LogP contribution in [0.3, 0.4) is 0 Å². The molecule has 592 valence electrons. The first-order valence-electron chi connectivity index (χ1n) is 40.2. The molecule has 1 saturated carbocycles. The predicted octanol–water partition coefficient (Wildman–Crippen LogP) is 16.1. The third-order valence-corrected chi connectivity index (χ3v) is 21.9. The highest BCUT2D eigenvalue weighted by Crippen LogP contribution is 2.39. The minimum atomic E-state index is -0.487. The van der Waals surface area contributed by atoms with Gasteiger partial charge in [-0.15, -0.1) is 0 Å². The Hall–Kier alpha value is -10.5. The molecular weight excluding hydrogens is 1410 g/mol. The fourth-order valence-electron chi connectivity index (χ4n) is 15.5. The molecule has 2 aromatic carbocycles. The van der Waals surface area contributed by atoms with Crippen LogP contribution in [0.4, 0.5) is 10.5 Å². The molecule has 0 spiro atoms. The van der Waals surface area contributed by atoms with Gasteiger partial charge in [-0.05, 0) is 192 Å². The number of Topliss-reactive ketones (excluding diaryl/α,β-unsaturated/α-hetero) is 3. The number of carbonyl (C=O) groups is 7. The maximum Gasteiger partial charge on any atom is 0.410 e. The molecule has 5 aliphatic rings. The van der Waals surface area contributed by atoms with Crippen LogP contribution in [0.5, 0.6) is 0 Å². The lowest BCUT2D eigenvalue weighted by molar-refractivity contribution is -0.136. The zero-order valence-corrected chi connectivity index (χ0v) is 67.1. The average Bonchev–Trinajstić information content (AvgIpc) is 1.32. The summed E-state index contributed by atoms with van der Waals surface area (Å²) in [6.07, 6.45) is 35.1. The van der Waals surface area contributed by atoms with Gasteiger partial charge in [0.15, 0.2) is 17.3 Å². The summed E-state index contributed by atoms with van der Waals surface area (Å²) in [5, 5.41) is 5.07. The van der Waals surface area contributed by atoms with Crippen LogP contribution in [-0.4, -0.2) is 158 Å². The lowest BCUT2D eigenvalue weighted by Gasteiger charge is -2.37. The number of nitrogens with zero attached hydrogens (tertiary/aromatic N) is 12.